The van der Waals surface area contributed by atoms with Gasteiger partial charge in [0.25, 0.3) is 0 Å². The number of ether oxygens (including phenoxy) is 1. The predicted molar refractivity (Wildman–Crippen MR) is 72.4 cm³/mol. The number of carbonyl (C=O) groups is 1. The van der Waals surface area contributed by atoms with E-state index in [2.05, 4.69) is 5.32 Å². The van der Waals surface area contributed by atoms with Gasteiger partial charge in [-0.25, -0.2) is 0 Å². The molecule has 0 radical (unpaired) electrons. The molecule has 1 aromatic carbocycles. The molecule has 1 aliphatic heterocycles. The largest absolute Gasteiger partial charge is 0.497 e. The van der Waals surface area contributed by atoms with Crippen LogP contribution in [0.5, 0.6) is 5.75 Å². The highest BCUT2D eigenvalue weighted by molar-refractivity contribution is 7.10. The van der Waals surface area contributed by atoms with Crippen LogP contribution in [-0.2, 0) is 4.79 Å². The normalized spacial score (nSPS) is 18.1. The van der Waals surface area contributed by atoms with E-state index < -0.39 is 0 Å². The molecule has 1 aromatic heterocycles. The quantitative estimate of drug-likeness (QED) is 0.899. The van der Waals surface area contributed by atoms with Crippen LogP contribution in [0.15, 0.2) is 35.7 Å². The third-order valence-corrected chi connectivity index (χ3v) is 4.22. The van der Waals surface area contributed by atoms with Crippen molar-refractivity contribution in [1.82, 2.24) is 0 Å². The third-order valence-electron chi connectivity index (χ3n) is 3.19. The second-order valence-electron chi connectivity index (χ2n) is 4.28. The summed E-state index contributed by atoms with van der Waals surface area (Å²) in [6.45, 7) is 0. The average Bonchev–Trinajstić information content (AvgIpc) is 2.86. The maximum Gasteiger partial charge on any atom is 0.225 e. The minimum Gasteiger partial charge on any atom is -0.497 e. The van der Waals surface area contributed by atoms with Gasteiger partial charge < -0.3 is 10.1 Å². The molecule has 1 unspecified atom stereocenters. The molecule has 1 N–H and O–H groups in total. The van der Waals surface area contributed by atoms with Crippen molar-refractivity contribution in [3.63, 3.8) is 0 Å². The monoisotopic (exact) mass is 259 g/mol. The van der Waals surface area contributed by atoms with Crippen LogP contribution in [0.25, 0.3) is 0 Å². The zero-order valence-corrected chi connectivity index (χ0v) is 10.8. The molecule has 0 saturated heterocycles. The summed E-state index contributed by atoms with van der Waals surface area (Å²) in [7, 11) is 1.65. The zero-order chi connectivity index (χ0) is 12.5. The maximum absolute atomic E-state index is 11.7. The van der Waals surface area contributed by atoms with Gasteiger partial charge in [-0.1, -0.05) is 12.1 Å². The van der Waals surface area contributed by atoms with Gasteiger partial charge in [0.1, 0.15) is 5.75 Å². The highest BCUT2D eigenvalue weighted by atomic mass is 32.1. The van der Waals surface area contributed by atoms with Crippen molar-refractivity contribution in [3.8, 4) is 5.75 Å². The van der Waals surface area contributed by atoms with Crippen LogP contribution in [0.2, 0.25) is 0 Å². The Bertz CT molecular complexity index is 574. The van der Waals surface area contributed by atoms with Crippen molar-refractivity contribution >= 4 is 22.9 Å². The molecule has 0 aliphatic carbocycles. The fraction of sp³-hybridized carbons (Fsp3) is 0.214. The number of carbonyl (C=O) groups excluding carboxylic acids is 1. The molecule has 18 heavy (non-hydrogen) atoms. The molecular weight excluding hydrogens is 246 g/mol. The molecule has 0 spiro atoms. The van der Waals surface area contributed by atoms with E-state index in [1.807, 2.05) is 35.7 Å². The van der Waals surface area contributed by atoms with Crippen molar-refractivity contribution in [3.05, 3.63) is 46.2 Å². The van der Waals surface area contributed by atoms with E-state index in [0.717, 1.165) is 17.0 Å². The number of thiophene rings is 1. The van der Waals surface area contributed by atoms with Crippen LogP contribution in [0, 0.1) is 0 Å². The molecule has 2 heterocycles. The molecule has 1 atom stereocenters. The number of anilines is 1. The summed E-state index contributed by atoms with van der Waals surface area (Å²) in [5.41, 5.74) is 2.12. The van der Waals surface area contributed by atoms with E-state index >= 15 is 0 Å². The minimum atomic E-state index is 0.0849. The first-order chi connectivity index (χ1) is 8.78. The number of amides is 1. The number of hydrogen-bond donors (Lipinski definition) is 1. The first-order valence-electron chi connectivity index (χ1n) is 5.79. The Morgan fingerprint density at radius 3 is 2.78 bits per heavy atom. The smallest absolute Gasteiger partial charge is 0.225 e. The molecule has 1 amide bonds. The van der Waals surface area contributed by atoms with E-state index in [0.29, 0.717) is 6.42 Å². The van der Waals surface area contributed by atoms with Gasteiger partial charge in [0.15, 0.2) is 0 Å². The first-order valence-corrected chi connectivity index (χ1v) is 6.67. The van der Waals surface area contributed by atoms with Crippen LogP contribution in [0.4, 0.5) is 5.69 Å². The lowest BCUT2D eigenvalue weighted by atomic mass is 9.91. The van der Waals surface area contributed by atoms with E-state index in [4.69, 9.17) is 4.74 Å². The summed E-state index contributed by atoms with van der Waals surface area (Å²) in [5.74, 6) is 1.09. The van der Waals surface area contributed by atoms with Gasteiger partial charge in [0.2, 0.25) is 5.91 Å². The van der Waals surface area contributed by atoms with E-state index in [-0.39, 0.29) is 11.8 Å². The fourth-order valence-electron chi connectivity index (χ4n) is 2.28. The Labute approximate surface area is 109 Å². The van der Waals surface area contributed by atoms with Gasteiger partial charge in [-0.05, 0) is 29.1 Å². The number of hydrogen-bond acceptors (Lipinski definition) is 3. The van der Waals surface area contributed by atoms with Crippen molar-refractivity contribution in [2.45, 2.75) is 12.3 Å². The fourth-order valence-corrected chi connectivity index (χ4v) is 3.26. The lowest BCUT2D eigenvalue weighted by Gasteiger charge is -2.22. The third kappa shape index (κ3) is 1.88. The minimum absolute atomic E-state index is 0.0849. The average molecular weight is 259 g/mol. The summed E-state index contributed by atoms with van der Waals surface area (Å²) >= 11 is 1.69. The van der Waals surface area contributed by atoms with Gasteiger partial charge in [0, 0.05) is 17.2 Å². The summed E-state index contributed by atoms with van der Waals surface area (Å²) in [6, 6.07) is 9.91. The van der Waals surface area contributed by atoms with Gasteiger partial charge in [-0.15, -0.1) is 11.3 Å². The molecule has 1 aliphatic rings. The van der Waals surface area contributed by atoms with Crippen LogP contribution >= 0.6 is 11.3 Å². The van der Waals surface area contributed by atoms with Gasteiger partial charge in [-0.3, -0.25) is 4.79 Å². The number of methoxy groups -OCH3 is 1. The summed E-state index contributed by atoms with van der Waals surface area (Å²) in [5, 5.41) is 4.93. The van der Waals surface area contributed by atoms with E-state index in [1.165, 1.54) is 4.88 Å². The predicted octanol–water partition coefficient (Wildman–Crippen LogP) is 3.23. The molecule has 92 valence electrons. The Balaban J connectivity index is 1.99. The highest BCUT2D eigenvalue weighted by Crippen LogP contribution is 2.40. The number of benzene rings is 1. The number of fused-ring (bicyclic) bond motifs is 1. The SMILES string of the molecule is COc1ccc(C2CC(=O)Nc3ccsc32)cc1. The molecule has 3 rings (SSSR count). The van der Waals surface area contributed by atoms with Gasteiger partial charge in [0.05, 0.1) is 12.8 Å². The van der Waals surface area contributed by atoms with Crippen molar-refractivity contribution in [1.29, 1.82) is 0 Å². The number of rotatable bonds is 2. The molecule has 0 fully saturated rings. The van der Waals surface area contributed by atoms with Gasteiger partial charge in [-0.2, -0.15) is 0 Å². The highest BCUT2D eigenvalue weighted by Gasteiger charge is 2.27. The first kappa shape index (κ1) is 11.3. The molecular formula is C14H13NO2S. The topological polar surface area (TPSA) is 38.3 Å². The Morgan fingerprint density at radius 1 is 1.28 bits per heavy atom. The van der Waals surface area contributed by atoms with Crippen molar-refractivity contribution in [2.75, 3.05) is 12.4 Å². The second-order valence-corrected chi connectivity index (χ2v) is 5.22. The molecule has 4 heteroatoms. The summed E-state index contributed by atoms with van der Waals surface area (Å²) in [6.07, 6.45) is 0.514. The van der Waals surface area contributed by atoms with E-state index in [9.17, 15) is 4.79 Å². The van der Waals surface area contributed by atoms with E-state index in [1.54, 1.807) is 18.4 Å². The van der Waals surface area contributed by atoms with Crippen LogP contribution in [0.1, 0.15) is 22.8 Å². The van der Waals surface area contributed by atoms with Crippen molar-refractivity contribution < 1.29 is 9.53 Å². The zero-order valence-electron chi connectivity index (χ0n) is 9.97. The standard InChI is InChI=1S/C14H13NO2S/c1-17-10-4-2-9(3-5-10)11-8-13(16)15-12-6-7-18-14(11)12/h2-7,11H,8H2,1H3,(H,15,16). The lowest BCUT2D eigenvalue weighted by Crippen LogP contribution is -2.21. The summed E-state index contributed by atoms with van der Waals surface area (Å²) < 4.78 is 5.16. The second kappa shape index (κ2) is 4.46. The molecule has 2 aromatic rings. The summed E-state index contributed by atoms with van der Waals surface area (Å²) in [4.78, 5) is 12.9. The number of nitrogens with one attached hydrogen (secondary N) is 1. The van der Waals surface area contributed by atoms with Crippen LogP contribution < -0.4 is 10.1 Å². The van der Waals surface area contributed by atoms with Crippen molar-refractivity contribution in [2.24, 2.45) is 0 Å². The van der Waals surface area contributed by atoms with Gasteiger partial charge >= 0.3 is 0 Å². The Morgan fingerprint density at radius 2 is 2.06 bits per heavy atom. The maximum atomic E-state index is 11.7. The molecule has 3 nitrogen and oxygen atoms in total. The van der Waals surface area contributed by atoms with Crippen LogP contribution in [0.3, 0.4) is 0 Å². The molecule has 0 saturated carbocycles. The Hall–Kier alpha value is -1.81. The molecule has 0 bridgehead atoms. The lowest BCUT2D eigenvalue weighted by molar-refractivity contribution is -0.116. The Kier molecular flexibility index (Phi) is 2.80. The van der Waals surface area contributed by atoms with Crippen LogP contribution in [-0.4, -0.2) is 13.0 Å².